The summed E-state index contributed by atoms with van der Waals surface area (Å²) in [5.74, 6) is 5.73. The summed E-state index contributed by atoms with van der Waals surface area (Å²) in [4.78, 5) is 11.5. The maximum Gasteiger partial charge on any atom is 0.224 e. The highest BCUT2D eigenvalue weighted by molar-refractivity contribution is 9.10. The molecule has 3 heteroatoms. The van der Waals surface area contributed by atoms with Crippen LogP contribution in [0, 0.1) is 11.8 Å². The van der Waals surface area contributed by atoms with E-state index in [-0.39, 0.29) is 5.91 Å². The highest BCUT2D eigenvalue weighted by Gasteiger charge is 2.02. The minimum Gasteiger partial charge on any atom is -0.355 e. The second-order valence-corrected chi connectivity index (χ2v) is 4.25. The Hall–Kier alpha value is -1.27. The van der Waals surface area contributed by atoms with Crippen LogP contribution < -0.4 is 5.32 Å². The van der Waals surface area contributed by atoms with Gasteiger partial charge in [0.25, 0.3) is 0 Å². The van der Waals surface area contributed by atoms with Crippen LogP contribution in [0.15, 0.2) is 28.7 Å². The fourth-order valence-electron chi connectivity index (χ4n) is 1.28. The Morgan fingerprint density at radius 1 is 1.50 bits per heavy atom. The van der Waals surface area contributed by atoms with Crippen LogP contribution in [0.4, 0.5) is 0 Å². The monoisotopic (exact) mass is 279 g/mol. The summed E-state index contributed by atoms with van der Waals surface area (Å²) in [6.07, 6.45) is 1.12. The number of carbonyl (C=O) groups is 1. The van der Waals surface area contributed by atoms with Gasteiger partial charge in [-0.15, -0.1) is 11.8 Å². The molecule has 0 aliphatic heterocycles. The molecule has 16 heavy (non-hydrogen) atoms. The summed E-state index contributed by atoms with van der Waals surface area (Å²) in [5, 5.41) is 2.83. The van der Waals surface area contributed by atoms with Crippen LogP contribution in [-0.4, -0.2) is 12.5 Å². The molecule has 0 fully saturated rings. The molecule has 1 aromatic carbocycles. The van der Waals surface area contributed by atoms with E-state index in [1.165, 1.54) is 0 Å². The SMILES string of the molecule is CC#CCCNC(=O)Cc1cccc(Br)c1. The summed E-state index contributed by atoms with van der Waals surface area (Å²) in [5.41, 5.74) is 1.01. The van der Waals surface area contributed by atoms with Gasteiger partial charge in [-0.2, -0.15) is 0 Å². The molecule has 0 aliphatic rings. The van der Waals surface area contributed by atoms with Crippen LogP contribution in [0.3, 0.4) is 0 Å². The molecule has 0 saturated heterocycles. The average Bonchev–Trinajstić information content (AvgIpc) is 2.24. The zero-order valence-electron chi connectivity index (χ0n) is 9.22. The van der Waals surface area contributed by atoms with E-state index in [9.17, 15) is 4.79 Å². The molecule has 0 saturated carbocycles. The topological polar surface area (TPSA) is 29.1 Å². The lowest BCUT2D eigenvalue weighted by Crippen LogP contribution is -2.25. The summed E-state index contributed by atoms with van der Waals surface area (Å²) in [6, 6.07) is 7.76. The molecule has 0 bridgehead atoms. The van der Waals surface area contributed by atoms with Gasteiger partial charge in [-0.05, 0) is 24.6 Å². The van der Waals surface area contributed by atoms with E-state index in [2.05, 4.69) is 33.1 Å². The Balaban J connectivity index is 2.36. The summed E-state index contributed by atoms with van der Waals surface area (Å²) < 4.78 is 0.995. The van der Waals surface area contributed by atoms with Gasteiger partial charge in [0.15, 0.2) is 0 Å². The molecule has 1 N–H and O–H groups in total. The average molecular weight is 280 g/mol. The third-order valence-electron chi connectivity index (χ3n) is 2.00. The first-order valence-electron chi connectivity index (χ1n) is 5.13. The van der Waals surface area contributed by atoms with Gasteiger partial charge in [-0.3, -0.25) is 4.79 Å². The molecule has 1 rings (SSSR count). The highest BCUT2D eigenvalue weighted by atomic mass is 79.9. The first kappa shape index (κ1) is 12.8. The smallest absolute Gasteiger partial charge is 0.224 e. The fraction of sp³-hybridized carbons (Fsp3) is 0.308. The Kier molecular flexibility index (Phi) is 5.66. The minimum absolute atomic E-state index is 0.0380. The molecule has 2 nitrogen and oxygen atoms in total. The number of amides is 1. The minimum atomic E-state index is 0.0380. The van der Waals surface area contributed by atoms with Crippen LogP contribution in [0.2, 0.25) is 0 Å². The summed E-state index contributed by atoms with van der Waals surface area (Å²) >= 11 is 3.38. The zero-order chi connectivity index (χ0) is 11.8. The second-order valence-electron chi connectivity index (χ2n) is 3.33. The molecule has 0 unspecified atom stereocenters. The van der Waals surface area contributed by atoms with Crippen molar-refractivity contribution in [3.8, 4) is 11.8 Å². The zero-order valence-corrected chi connectivity index (χ0v) is 10.8. The van der Waals surface area contributed by atoms with Crippen LogP contribution in [-0.2, 0) is 11.2 Å². The third-order valence-corrected chi connectivity index (χ3v) is 2.50. The quantitative estimate of drug-likeness (QED) is 0.666. The number of nitrogens with one attached hydrogen (secondary N) is 1. The molecule has 0 aliphatic carbocycles. The third kappa shape index (κ3) is 4.99. The van der Waals surface area contributed by atoms with Gasteiger partial charge in [0.1, 0.15) is 0 Å². The molecular formula is C13H14BrNO. The number of hydrogen-bond donors (Lipinski definition) is 1. The number of benzene rings is 1. The Morgan fingerprint density at radius 2 is 2.31 bits per heavy atom. The lowest BCUT2D eigenvalue weighted by Gasteiger charge is -2.03. The van der Waals surface area contributed by atoms with E-state index < -0.39 is 0 Å². The van der Waals surface area contributed by atoms with Crippen molar-refractivity contribution in [3.05, 3.63) is 34.3 Å². The molecule has 1 aromatic rings. The molecule has 84 valence electrons. The largest absolute Gasteiger partial charge is 0.355 e. The normalized spacial score (nSPS) is 9.12. The summed E-state index contributed by atoms with van der Waals surface area (Å²) in [6.45, 7) is 2.41. The number of hydrogen-bond acceptors (Lipinski definition) is 1. The van der Waals surface area contributed by atoms with Crippen molar-refractivity contribution in [2.24, 2.45) is 0 Å². The Morgan fingerprint density at radius 3 is 3.00 bits per heavy atom. The van der Waals surface area contributed by atoms with Crippen molar-refractivity contribution < 1.29 is 4.79 Å². The van der Waals surface area contributed by atoms with E-state index in [1.54, 1.807) is 6.92 Å². The standard InChI is InChI=1S/C13H14BrNO/c1-2-3-4-8-15-13(16)10-11-6-5-7-12(14)9-11/h5-7,9H,4,8,10H2,1H3,(H,15,16). The maximum absolute atomic E-state index is 11.5. The highest BCUT2D eigenvalue weighted by Crippen LogP contribution is 2.11. The number of rotatable bonds is 4. The van der Waals surface area contributed by atoms with E-state index in [4.69, 9.17) is 0 Å². The van der Waals surface area contributed by atoms with Gasteiger partial charge in [0.05, 0.1) is 6.42 Å². The first-order chi connectivity index (χ1) is 7.72. The van der Waals surface area contributed by atoms with Crippen molar-refractivity contribution in [1.82, 2.24) is 5.32 Å². The van der Waals surface area contributed by atoms with E-state index >= 15 is 0 Å². The van der Waals surface area contributed by atoms with E-state index in [0.717, 1.165) is 10.0 Å². The predicted octanol–water partition coefficient (Wildman–Crippen LogP) is 2.52. The molecule has 0 aromatic heterocycles. The van der Waals surface area contributed by atoms with Gasteiger partial charge < -0.3 is 5.32 Å². The molecule has 0 radical (unpaired) electrons. The van der Waals surface area contributed by atoms with Crippen LogP contribution in [0.5, 0.6) is 0 Å². The van der Waals surface area contributed by atoms with Gasteiger partial charge in [0.2, 0.25) is 5.91 Å². The second kappa shape index (κ2) is 7.08. The van der Waals surface area contributed by atoms with Gasteiger partial charge in [-0.25, -0.2) is 0 Å². The lowest BCUT2D eigenvalue weighted by atomic mass is 10.1. The molecule has 0 heterocycles. The van der Waals surface area contributed by atoms with E-state index in [1.807, 2.05) is 24.3 Å². The Labute approximate surface area is 105 Å². The van der Waals surface area contributed by atoms with Crippen LogP contribution in [0.25, 0.3) is 0 Å². The van der Waals surface area contributed by atoms with Crippen molar-refractivity contribution in [2.45, 2.75) is 19.8 Å². The first-order valence-corrected chi connectivity index (χ1v) is 5.92. The van der Waals surface area contributed by atoms with Crippen LogP contribution >= 0.6 is 15.9 Å². The van der Waals surface area contributed by atoms with E-state index in [0.29, 0.717) is 19.4 Å². The summed E-state index contributed by atoms with van der Waals surface area (Å²) in [7, 11) is 0. The molecular weight excluding hydrogens is 266 g/mol. The number of halogens is 1. The van der Waals surface area contributed by atoms with Crippen molar-refractivity contribution >= 4 is 21.8 Å². The van der Waals surface area contributed by atoms with Crippen molar-refractivity contribution in [3.63, 3.8) is 0 Å². The molecule has 1 amide bonds. The van der Waals surface area contributed by atoms with Crippen LogP contribution in [0.1, 0.15) is 18.9 Å². The van der Waals surface area contributed by atoms with Gasteiger partial charge >= 0.3 is 0 Å². The maximum atomic E-state index is 11.5. The molecule has 0 spiro atoms. The lowest BCUT2D eigenvalue weighted by molar-refractivity contribution is -0.120. The predicted molar refractivity (Wildman–Crippen MR) is 68.9 cm³/mol. The van der Waals surface area contributed by atoms with Crippen molar-refractivity contribution in [1.29, 1.82) is 0 Å². The Bertz CT molecular complexity index is 417. The van der Waals surface area contributed by atoms with Crippen molar-refractivity contribution in [2.75, 3.05) is 6.54 Å². The van der Waals surface area contributed by atoms with Gasteiger partial charge in [0, 0.05) is 17.4 Å². The number of carbonyl (C=O) groups excluding carboxylic acids is 1. The van der Waals surface area contributed by atoms with Gasteiger partial charge in [-0.1, -0.05) is 28.1 Å². The fourth-order valence-corrected chi connectivity index (χ4v) is 1.73. The molecule has 0 atom stereocenters.